The fourth-order valence-corrected chi connectivity index (χ4v) is 3.55. The lowest BCUT2D eigenvalue weighted by molar-refractivity contribution is 0.279. The molecule has 0 radical (unpaired) electrons. The number of nitrogens with one attached hydrogen (secondary N) is 1. The Balaban J connectivity index is 1.62. The van der Waals surface area contributed by atoms with Crippen LogP contribution in [0.2, 0.25) is 5.02 Å². The number of ether oxygens (including phenoxy) is 2. The highest BCUT2D eigenvalue weighted by atomic mass is 35.5. The fraction of sp³-hybridized carbons (Fsp3) is 0.429. The lowest BCUT2D eigenvalue weighted by atomic mass is 9.95. The van der Waals surface area contributed by atoms with Gasteiger partial charge in [0.15, 0.2) is 11.5 Å². The highest BCUT2D eigenvalue weighted by molar-refractivity contribution is 6.31. The van der Waals surface area contributed by atoms with Gasteiger partial charge in [0, 0.05) is 18.2 Å². The van der Waals surface area contributed by atoms with Crippen LogP contribution in [0.3, 0.4) is 0 Å². The molecule has 0 aliphatic heterocycles. The molecule has 3 rings (SSSR count). The Kier molecular flexibility index (Phi) is 6.75. The van der Waals surface area contributed by atoms with Crippen molar-refractivity contribution in [1.82, 2.24) is 5.32 Å². The molecule has 0 atom stereocenters. The number of hydrogen-bond donors (Lipinski definition) is 1. The van der Waals surface area contributed by atoms with Gasteiger partial charge in [-0.25, -0.2) is 4.39 Å². The Bertz CT molecular complexity index is 712. The third-order valence-corrected chi connectivity index (χ3v) is 5.22. The second-order valence-corrected chi connectivity index (χ2v) is 7.10. The van der Waals surface area contributed by atoms with E-state index in [9.17, 15) is 4.39 Å². The molecule has 3 nitrogen and oxygen atoms in total. The average Bonchev–Trinajstić information content (AvgIpc) is 2.67. The van der Waals surface area contributed by atoms with E-state index in [0.717, 1.165) is 12.1 Å². The number of hydrogen-bond acceptors (Lipinski definition) is 3. The van der Waals surface area contributed by atoms with Gasteiger partial charge in [0.25, 0.3) is 0 Å². The molecule has 0 bridgehead atoms. The first kappa shape index (κ1) is 19.0. The minimum absolute atomic E-state index is 0.0571. The molecular weight excluding hydrogens is 353 g/mol. The SMILES string of the molecule is COc1cc(CNC2CCCCC2)ccc1OCc1c(F)cccc1Cl. The molecule has 0 heterocycles. The standard InChI is InChI=1S/C21H25ClFNO2/c1-25-21-12-15(13-24-16-6-3-2-4-7-16)10-11-20(21)26-14-17-18(22)8-5-9-19(17)23/h5,8-12,16,24H,2-4,6-7,13-14H2,1H3. The van der Waals surface area contributed by atoms with E-state index in [2.05, 4.69) is 5.32 Å². The molecule has 2 aromatic rings. The smallest absolute Gasteiger partial charge is 0.161 e. The Morgan fingerprint density at radius 3 is 2.65 bits per heavy atom. The van der Waals surface area contributed by atoms with Crippen LogP contribution in [0.1, 0.15) is 43.2 Å². The zero-order valence-electron chi connectivity index (χ0n) is 15.1. The van der Waals surface area contributed by atoms with E-state index in [0.29, 0.717) is 28.1 Å². The number of benzene rings is 2. The van der Waals surface area contributed by atoms with Crippen LogP contribution in [-0.4, -0.2) is 13.2 Å². The van der Waals surface area contributed by atoms with E-state index in [-0.39, 0.29) is 12.4 Å². The third kappa shape index (κ3) is 4.89. The van der Waals surface area contributed by atoms with Crippen LogP contribution >= 0.6 is 11.6 Å². The molecule has 0 aromatic heterocycles. The summed E-state index contributed by atoms with van der Waals surface area (Å²) in [6, 6.07) is 11.1. The van der Waals surface area contributed by atoms with Crippen molar-refractivity contribution in [2.24, 2.45) is 0 Å². The van der Waals surface area contributed by atoms with Gasteiger partial charge in [-0.2, -0.15) is 0 Å². The summed E-state index contributed by atoms with van der Waals surface area (Å²) < 4.78 is 25.1. The van der Waals surface area contributed by atoms with Crippen molar-refractivity contribution in [1.29, 1.82) is 0 Å². The van der Waals surface area contributed by atoms with Crippen molar-refractivity contribution < 1.29 is 13.9 Å². The van der Waals surface area contributed by atoms with Crippen molar-refractivity contribution in [3.8, 4) is 11.5 Å². The summed E-state index contributed by atoms with van der Waals surface area (Å²) in [4.78, 5) is 0. The van der Waals surface area contributed by atoms with Crippen LogP contribution in [0.5, 0.6) is 11.5 Å². The van der Waals surface area contributed by atoms with E-state index in [1.54, 1.807) is 19.2 Å². The van der Waals surface area contributed by atoms with Gasteiger partial charge < -0.3 is 14.8 Å². The van der Waals surface area contributed by atoms with Crippen molar-refractivity contribution in [3.05, 3.63) is 58.4 Å². The van der Waals surface area contributed by atoms with Crippen LogP contribution in [0, 0.1) is 5.82 Å². The van der Waals surface area contributed by atoms with E-state index < -0.39 is 0 Å². The van der Waals surface area contributed by atoms with Gasteiger partial charge >= 0.3 is 0 Å². The van der Waals surface area contributed by atoms with Gasteiger partial charge in [0.1, 0.15) is 12.4 Å². The normalized spacial score (nSPS) is 15.0. The first-order valence-corrected chi connectivity index (χ1v) is 9.51. The molecule has 1 fully saturated rings. The van der Waals surface area contributed by atoms with Crippen LogP contribution in [-0.2, 0) is 13.2 Å². The molecule has 140 valence electrons. The summed E-state index contributed by atoms with van der Waals surface area (Å²) in [6.07, 6.45) is 6.48. The molecule has 0 spiro atoms. The van der Waals surface area contributed by atoms with Gasteiger partial charge in [0.05, 0.1) is 12.1 Å². The summed E-state index contributed by atoms with van der Waals surface area (Å²) in [5.41, 5.74) is 1.49. The van der Waals surface area contributed by atoms with Crippen molar-refractivity contribution in [3.63, 3.8) is 0 Å². The molecule has 5 heteroatoms. The Hall–Kier alpha value is -1.78. The molecule has 0 amide bonds. The van der Waals surface area contributed by atoms with Crippen molar-refractivity contribution in [2.45, 2.75) is 51.3 Å². The van der Waals surface area contributed by atoms with Gasteiger partial charge in [-0.1, -0.05) is 43.0 Å². The summed E-state index contributed by atoms with van der Waals surface area (Å²) in [6.45, 7) is 0.863. The molecule has 2 aromatic carbocycles. The molecule has 0 saturated heterocycles. The van der Waals surface area contributed by atoms with E-state index >= 15 is 0 Å². The zero-order chi connectivity index (χ0) is 18.4. The third-order valence-electron chi connectivity index (χ3n) is 4.86. The van der Waals surface area contributed by atoms with Crippen LogP contribution in [0.15, 0.2) is 36.4 Å². The molecular formula is C21H25ClFNO2. The Morgan fingerprint density at radius 1 is 1.12 bits per heavy atom. The van der Waals surface area contributed by atoms with Gasteiger partial charge in [0.2, 0.25) is 0 Å². The molecule has 1 aliphatic rings. The van der Waals surface area contributed by atoms with E-state index in [1.807, 2.05) is 18.2 Å². The highest BCUT2D eigenvalue weighted by Gasteiger charge is 2.14. The predicted molar refractivity (Wildman–Crippen MR) is 102 cm³/mol. The highest BCUT2D eigenvalue weighted by Crippen LogP contribution is 2.30. The molecule has 1 N–H and O–H groups in total. The van der Waals surface area contributed by atoms with Crippen LogP contribution < -0.4 is 14.8 Å². The monoisotopic (exact) mass is 377 g/mol. The van der Waals surface area contributed by atoms with E-state index in [4.69, 9.17) is 21.1 Å². The average molecular weight is 378 g/mol. The fourth-order valence-electron chi connectivity index (χ4n) is 3.33. The Morgan fingerprint density at radius 2 is 1.92 bits per heavy atom. The summed E-state index contributed by atoms with van der Waals surface area (Å²) in [5, 5.41) is 3.98. The lowest BCUT2D eigenvalue weighted by Crippen LogP contribution is -2.30. The van der Waals surface area contributed by atoms with Crippen molar-refractivity contribution in [2.75, 3.05) is 7.11 Å². The topological polar surface area (TPSA) is 30.5 Å². The molecule has 0 unspecified atom stereocenters. The van der Waals surface area contributed by atoms with Crippen LogP contribution in [0.25, 0.3) is 0 Å². The van der Waals surface area contributed by atoms with Gasteiger partial charge in [-0.3, -0.25) is 0 Å². The number of methoxy groups -OCH3 is 1. The first-order chi connectivity index (χ1) is 12.7. The Labute approximate surface area is 159 Å². The molecule has 26 heavy (non-hydrogen) atoms. The minimum Gasteiger partial charge on any atom is -0.493 e. The van der Waals surface area contributed by atoms with Gasteiger partial charge in [-0.15, -0.1) is 0 Å². The molecule has 1 saturated carbocycles. The van der Waals surface area contributed by atoms with Crippen molar-refractivity contribution >= 4 is 11.6 Å². The second-order valence-electron chi connectivity index (χ2n) is 6.69. The summed E-state index contributed by atoms with van der Waals surface area (Å²) in [5.74, 6) is 0.846. The summed E-state index contributed by atoms with van der Waals surface area (Å²) >= 11 is 6.05. The molecule has 1 aliphatic carbocycles. The van der Waals surface area contributed by atoms with Gasteiger partial charge in [-0.05, 0) is 42.7 Å². The second kappa shape index (κ2) is 9.24. The maximum Gasteiger partial charge on any atom is 0.161 e. The minimum atomic E-state index is -0.371. The zero-order valence-corrected chi connectivity index (χ0v) is 15.8. The van der Waals surface area contributed by atoms with Crippen LogP contribution in [0.4, 0.5) is 4.39 Å². The quantitative estimate of drug-likeness (QED) is 0.692. The predicted octanol–water partition coefficient (Wildman–Crippen LogP) is 5.49. The maximum atomic E-state index is 13.9. The number of rotatable bonds is 7. The number of halogens is 2. The van der Waals surface area contributed by atoms with E-state index in [1.165, 1.54) is 38.2 Å². The lowest BCUT2D eigenvalue weighted by Gasteiger charge is -2.23. The first-order valence-electron chi connectivity index (χ1n) is 9.13. The summed E-state index contributed by atoms with van der Waals surface area (Å²) in [7, 11) is 1.61. The maximum absolute atomic E-state index is 13.9. The largest absolute Gasteiger partial charge is 0.493 e.